The molecule has 0 bridgehead atoms. The molecule has 0 aromatic carbocycles. The lowest BCUT2D eigenvalue weighted by Gasteiger charge is -2.17. The summed E-state index contributed by atoms with van der Waals surface area (Å²) in [6.45, 7) is 4.24. The number of rotatable bonds is 5. The van der Waals surface area contributed by atoms with E-state index in [-0.39, 0.29) is 0 Å². The van der Waals surface area contributed by atoms with E-state index in [2.05, 4.69) is 58.6 Å². The lowest BCUT2D eigenvalue weighted by Crippen LogP contribution is -2.35. The van der Waals surface area contributed by atoms with Crippen molar-refractivity contribution in [2.45, 2.75) is 19.5 Å². The zero-order valence-electron chi connectivity index (χ0n) is 8.88. The molecule has 0 fully saturated rings. The summed E-state index contributed by atoms with van der Waals surface area (Å²) < 4.78 is 1.20. The number of thiophene rings is 1. The van der Waals surface area contributed by atoms with Gasteiger partial charge in [0.25, 0.3) is 0 Å². The van der Waals surface area contributed by atoms with Gasteiger partial charge < -0.3 is 10.2 Å². The Labute approximate surface area is 98.4 Å². The normalized spacial score (nSPS) is 13.5. The topological polar surface area (TPSA) is 15.3 Å². The minimum atomic E-state index is 0.531. The van der Waals surface area contributed by atoms with Crippen LogP contribution in [0, 0.1) is 0 Å². The summed E-state index contributed by atoms with van der Waals surface area (Å²) in [6.07, 6.45) is 0. The molecule has 1 aromatic heterocycles. The first kappa shape index (κ1) is 12.2. The van der Waals surface area contributed by atoms with Crippen molar-refractivity contribution in [2.75, 3.05) is 20.6 Å². The molecule has 1 atom stereocenters. The van der Waals surface area contributed by atoms with E-state index in [1.54, 1.807) is 11.3 Å². The molecular weight excluding hydrogens is 260 g/mol. The molecule has 0 saturated carbocycles. The van der Waals surface area contributed by atoms with Gasteiger partial charge in [0.2, 0.25) is 0 Å². The first-order chi connectivity index (χ1) is 6.58. The molecule has 0 radical (unpaired) electrons. The third kappa shape index (κ3) is 4.55. The Hall–Kier alpha value is 0.100. The maximum atomic E-state index is 3.49. The zero-order chi connectivity index (χ0) is 10.6. The number of likely N-dealkylation sites (N-methyl/N-ethyl adjacent to an activating group) is 1. The molecule has 1 aromatic rings. The van der Waals surface area contributed by atoms with Crippen LogP contribution in [0.1, 0.15) is 12.5 Å². The van der Waals surface area contributed by atoms with Crippen molar-refractivity contribution in [3.8, 4) is 0 Å². The zero-order valence-corrected chi connectivity index (χ0v) is 11.3. The van der Waals surface area contributed by atoms with Gasteiger partial charge in [-0.25, -0.2) is 0 Å². The van der Waals surface area contributed by atoms with Crippen LogP contribution in [0.5, 0.6) is 0 Å². The fraction of sp³-hybridized carbons (Fsp3) is 0.600. The predicted molar refractivity (Wildman–Crippen MR) is 66.9 cm³/mol. The molecular formula is C10H17BrN2S. The summed E-state index contributed by atoms with van der Waals surface area (Å²) in [7, 11) is 4.19. The lowest BCUT2D eigenvalue weighted by atomic mass is 10.3. The van der Waals surface area contributed by atoms with Gasteiger partial charge in [0.1, 0.15) is 0 Å². The molecule has 0 spiro atoms. The highest BCUT2D eigenvalue weighted by atomic mass is 79.9. The molecule has 0 aliphatic heterocycles. The molecule has 1 unspecified atom stereocenters. The molecule has 80 valence electrons. The molecule has 1 rings (SSSR count). The van der Waals surface area contributed by atoms with Gasteiger partial charge in [0, 0.05) is 19.1 Å². The van der Waals surface area contributed by atoms with Gasteiger partial charge in [-0.3, -0.25) is 0 Å². The van der Waals surface area contributed by atoms with E-state index in [1.165, 1.54) is 9.35 Å². The quantitative estimate of drug-likeness (QED) is 0.889. The lowest BCUT2D eigenvalue weighted by molar-refractivity contribution is 0.349. The van der Waals surface area contributed by atoms with Crippen molar-refractivity contribution < 1.29 is 0 Å². The van der Waals surface area contributed by atoms with Gasteiger partial charge in [-0.05, 0) is 54.0 Å². The third-order valence-electron chi connectivity index (χ3n) is 1.92. The predicted octanol–water partition coefficient (Wildman–Crippen LogP) is 2.55. The monoisotopic (exact) mass is 276 g/mol. The van der Waals surface area contributed by atoms with Crippen LogP contribution in [0.25, 0.3) is 0 Å². The first-order valence-electron chi connectivity index (χ1n) is 4.69. The highest BCUT2D eigenvalue weighted by Crippen LogP contribution is 2.20. The number of hydrogen-bond acceptors (Lipinski definition) is 3. The third-order valence-corrected chi connectivity index (χ3v) is 3.47. The summed E-state index contributed by atoms with van der Waals surface area (Å²) in [5, 5.41) is 5.67. The Morgan fingerprint density at radius 2 is 2.29 bits per heavy atom. The second-order valence-electron chi connectivity index (χ2n) is 3.80. The molecule has 1 N–H and O–H groups in total. The van der Waals surface area contributed by atoms with Crippen LogP contribution in [-0.4, -0.2) is 31.6 Å². The molecule has 0 aliphatic carbocycles. The number of nitrogens with zero attached hydrogens (tertiary/aromatic N) is 1. The molecule has 14 heavy (non-hydrogen) atoms. The Morgan fingerprint density at radius 3 is 2.79 bits per heavy atom. The van der Waals surface area contributed by atoms with Crippen LogP contribution in [0.4, 0.5) is 0 Å². The van der Waals surface area contributed by atoms with E-state index >= 15 is 0 Å². The van der Waals surface area contributed by atoms with E-state index in [0.29, 0.717) is 6.04 Å². The maximum Gasteiger partial charge on any atom is 0.0701 e. The molecule has 0 amide bonds. The van der Waals surface area contributed by atoms with E-state index in [4.69, 9.17) is 0 Å². The van der Waals surface area contributed by atoms with Gasteiger partial charge in [-0.1, -0.05) is 0 Å². The highest BCUT2D eigenvalue weighted by Gasteiger charge is 2.03. The van der Waals surface area contributed by atoms with Crippen LogP contribution >= 0.6 is 27.3 Å². The van der Waals surface area contributed by atoms with E-state index in [1.807, 2.05) is 0 Å². The van der Waals surface area contributed by atoms with E-state index in [0.717, 1.165) is 13.1 Å². The van der Waals surface area contributed by atoms with Crippen LogP contribution in [0.15, 0.2) is 15.2 Å². The van der Waals surface area contributed by atoms with Crippen LogP contribution in [-0.2, 0) is 6.54 Å². The van der Waals surface area contributed by atoms with Crippen LogP contribution < -0.4 is 5.32 Å². The second-order valence-corrected chi connectivity index (χ2v) is 6.09. The van der Waals surface area contributed by atoms with Gasteiger partial charge in [-0.15, -0.1) is 11.3 Å². The van der Waals surface area contributed by atoms with Crippen LogP contribution in [0.3, 0.4) is 0 Å². The molecule has 0 saturated heterocycles. The van der Waals surface area contributed by atoms with Crippen molar-refractivity contribution >= 4 is 27.3 Å². The van der Waals surface area contributed by atoms with Crippen molar-refractivity contribution in [3.63, 3.8) is 0 Å². The minimum absolute atomic E-state index is 0.531. The Kier molecular flexibility index (Phi) is 5.09. The van der Waals surface area contributed by atoms with Crippen molar-refractivity contribution in [2.24, 2.45) is 0 Å². The second kappa shape index (κ2) is 5.85. The smallest absolute Gasteiger partial charge is 0.0701 e. The SMILES string of the molecule is CC(CN(C)C)NCc1csc(Br)c1. The summed E-state index contributed by atoms with van der Waals surface area (Å²) >= 11 is 5.20. The standard InChI is InChI=1S/C10H17BrN2S/c1-8(6-13(2)3)12-5-9-4-10(11)14-7-9/h4,7-8,12H,5-6H2,1-3H3. The fourth-order valence-corrected chi connectivity index (χ4v) is 2.55. The number of halogens is 1. The van der Waals surface area contributed by atoms with Crippen molar-refractivity contribution in [1.29, 1.82) is 0 Å². The summed E-state index contributed by atoms with van der Waals surface area (Å²) in [5.41, 5.74) is 1.35. The number of nitrogens with one attached hydrogen (secondary N) is 1. The van der Waals surface area contributed by atoms with Crippen LogP contribution in [0.2, 0.25) is 0 Å². The summed E-state index contributed by atoms with van der Waals surface area (Å²) in [6, 6.07) is 2.70. The highest BCUT2D eigenvalue weighted by molar-refractivity contribution is 9.11. The molecule has 4 heteroatoms. The molecule has 2 nitrogen and oxygen atoms in total. The minimum Gasteiger partial charge on any atom is -0.309 e. The van der Waals surface area contributed by atoms with Gasteiger partial charge >= 0.3 is 0 Å². The van der Waals surface area contributed by atoms with E-state index in [9.17, 15) is 0 Å². The Balaban J connectivity index is 2.26. The van der Waals surface area contributed by atoms with Gasteiger partial charge in [0.15, 0.2) is 0 Å². The molecule has 0 aliphatic rings. The Bertz CT molecular complexity index is 273. The summed E-state index contributed by atoms with van der Waals surface area (Å²) in [5.74, 6) is 0. The summed E-state index contributed by atoms with van der Waals surface area (Å²) in [4.78, 5) is 2.20. The fourth-order valence-electron chi connectivity index (χ4n) is 1.34. The van der Waals surface area contributed by atoms with E-state index < -0.39 is 0 Å². The Morgan fingerprint density at radius 1 is 1.57 bits per heavy atom. The average Bonchev–Trinajstić information content (AvgIpc) is 2.47. The largest absolute Gasteiger partial charge is 0.309 e. The maximum absolute atomic E-state index is 3.49. The number of hydrogen-bond donors (Lipinski definition) is 1. The van der Waals surface area contributed by atoms with Gasteiger partial charge in [0.05, 0.1) is 3.79 Å². The van der Waals surface area contributed by atoms with Gasteiger partial charge in [-0.2, -0.15) is 0 Å². The first-order valence-corrected chi connectivity index (χ1v) is 6.36. The van der Waals surface area contributed by atoms with Crippen molar-refractivity contribution in [1.82, 2.24) is 10.2 Å². The average molecular weight is 277 g/mol. The van der Waals surface area contributed by atoms with Crippen molar-refractivity contribution in [3.05, 3.63) is 20.8 Å². The molecule has 1 heterocycles.